The second-order valence-corrected chi connectivity index (χ2v) is 2.25. The first-order valence-electron chi connectivity index (χ1n) is 3.35. The van der Waals surface area contributed by atoms with Crippen molar-refractivity contribution in [2.75, 3.05) is 6.61 Å². The molecule has 0 aromatic heterocycles. The van der Waals surface area contributed by atoms with Gasteiger partial charge in [-0.25, -0.2) is 0 Å². The molecule has 1 aromatic carbocycles. The Morgan fingerprint density at radius 3 is 2.67 bits per heavy atom. The molecule has 0 spiro atoms. The van der Waals surface area contributed by atoms with Crippen molar-refractivity contribution in [2.45, 2.75) is 0 Å². The molecule has 1 nitrogen and oxygen atoms in total. The number of benzene rings is 1. The molecule has 1 heterocycles. The molecule has 0 aliphatic carbocycles. The molecule has 12 heavy (non-hydrogen) atoms. The number of hydrogen-bond acceptors (Lipinski definition) is 1. The number of rotatable bonds is 0. The van der Waals surface area contributed by atoms with E-state index in [1.54, 1.807) is 0 Å². The van der Waals surface area contributed by atoms with Gasteiger partial charge in [0.05, 0.1) is 0 Å². The third kappa shape index (κ3) is 2.66. The summed E-state index contributed by atoms with van der Waals surface area (Å²) < 4.78 is 5.34. The van der Waals surface area contributed by atoms with Crippen LogP contribution in [0.15, 0.2) is 30.3 Å². The maximum absolute atomic E-state index is 5.34. The molecule has 0 unspecified atom stereocenters. The van der Waals surface area contributed by atoms with Gasteiger partial charge in [0.15, 0.2) is 0 Å². The minimum Gasteiger partial charge on any atom is 0 e. The second kappa shape index (κ2) is 5.86. The second-order valence-electron chi connectivity index (χ2n) is 2.25. The zero-order valence-corrected chi connectivity index (χ0v) is 12.4. The van der Waals surface area contributed by atoms with E-state index in [2.05, 4.69) is 6.08 Å². The van der Waals surface area contributed by atoms with Gasteiger partial charge in [0, 0.05) is 27.3 Å². The Kier molecular flexibility index (Phi) is 6.00. The molecule has 1 aliphatic rings. The van der Waals surface area contributed by atoms with Crippen molar-refractivity contribution in [1.29, 1.82) is 0 Å². The van der Waals surface area contributed by atoms with E-state index in [0.29, 0.717) is 6.61 Å². The normalized spacial score (nSPS) is 11.7. The molecule has 0 fully saturated rings. The van der Waals surface area contributed by atoms with Crippen LogP contribution in [0.1, 0.15) is 5.56 Å². The van der Waals surface area contributed by atoms with Gasteiger partial charge >= 0.3 is 24.4 Å². The van der Waals surface area contributed by atoms with Crippen LogP contribution in [0.3, 0.4) is 0 Å². The van der Waals surface area contributed by atoms with Crippen LogP contribution in [0, 0.1) is 0 Å². The molecule has 0 bridgehead atoms. The third-order valence-electron chi connectivity index (χ3n) is 1.55. The van der Waals surface area contributed by atoms with Crippen molar-refractivity contribution < 1.29 is 26.5 Å². The fraction of sp³-hybridized carbons (Fsp3) is 0.111. The van der Waals surface area contributed by atoms with Gasteiger partial charge < -0.3 is 4.74 Å². The molecule has 1 aliphatic heterocycles. The predicted octanol–water partition coefficient (Wildman–Crippen LogP) is 0.906. The summed E-state index contributed by atoms with van der Waals surface area (Å²) in [6.07, 6.45) is 4.10. The van der Waals surface area contributed by atoms with Gasteiger partial charge in [-0.2, -0.15) is 0 Å². The monoisotopic (exact) mass is 304 g/mol. The summed E-state index contributed by atoms with van der Waals surface area (Å²) in [4.78, 5) is 0. The number of fused-ring (bicyclic) bond motifs is 1. The van der Waals surface area contributed by atoms with Crippen LogP contribution in [0.25, 0.3) is 6.08 Å². The number of hydrogen-bond donors (Lipinski definition) is 0. The van der Waals surface area contributed by atoms with Gasteiger partial charge in [0.2, 0.25) is 0 Å². The molecule has 0 saturated heterocycles. The Morgan fingerprint density at radius 1 is 1.17 bits per heavy atom. The van der Waals surface area contributed by atoms with Crippen molar-refractivity contribution in [3.8, 4) is 5.75 Å². The zero-order chi connectivity index (χ0) is 6.81. The van der Waals surface area contributed by atoms with Gasteiger partial charge in [0.1, 0.15) is 12.4 Å². The van der Waals surface area contributed by atoms with Crippen LogP contribution < -0.4 is 4.74 Å². The van der Waals surface area contributed by atoms with E-state index in [0.717, 1.165) is 5.75 Å². The first-order valence-corrected chi connectivity index (χ1v) is 3.35. The van der Waals surface area contributed by atoms with E-state index in [-0.39, 0.29) is 46.1 Å². The summed E-state index contributed by atoms with van der Waals surface area (Å²) >= 11 is 0. The molecule has 0 saturated carbocycles. The van der Waals surface area contributed by atoms with Crippen LogP contribution in [0.4, 0.5) is 0 Å². The smallest absolute Gasteiger partial charge is 0 e. The van der Waals surface area contributed by atoms with E-state index >= 15 is 0 Å². The fourth-order valence-electron chi connectivity index (χ4n) is 1.06. The first-order chi connectivity index (χ1) is 4.97. The Balaban J connectivity index is 0.000000605. The van der Waals surface area contributed by atoms with Crippen molar-refractivity contribution in [3.63, 3.8) is 0 Å². The Labute approximate surface area is 105 Å². The van der Waals surface area contributed by atoms with Crippen LogP contribution in [0.5, 0.6) is 5.75 Å². The van der Waals surface area contributed by atoms with E-state index in [1.807, 2.05) is 30.3 Å². The SMILES string of the molecule is C1=Cc2ccccc2OC1.[SbH3].[Ti]. The van der Waals surface area contributed by atoms with Gasteiger partial charge in [-0.1, -0.05) is 24.3 Å². The molecule has 62 valence electrons. The van der Waals surface area contributed by atoms with E-state index in [9.17, 15) is 0 Å². The molecule has 0 amide bonds. The first kappa shape index (κ1) is 12.3. The molecular formula is C9H11OSbTi. The van der Waals surface area contributed by atoms with Crippen LogP contribution in [-0.2, 0) is 21.7 Å². The van der Waals surface area contributed by atoms with Gasteiger partial charge in [-0.3, -0.25) is 0 Å². The Morgan fingerprint density at radius 2 is 1.92 bits per heavy atom. The Bertz CT molecular complexity index is 273. The maximum Gasteiger partial charge on any atom is 0 e. The Hall–Kier alpha value is 0.292. The third-order valence-corrected chi connectivity index (χ3v) is 1.55. The molecular weight excluding hydrogens is 294 g/mol. The molecule has 0 radical (unpaired) electrons. The molecule has 3 heteroatoms. The van der Waals surface area contributed by atoms with Crippen molar-refractivity contribution in [3.05, 3.63) is 35.9 Å². The number of para-hydroxylation sites is 1. The minimum absolute atomic E-state index is 0. The van der Waals surface area contributed by atoms with E-state index in [1.165, 1.54) is 5.56 Å². The zero-order valence-electron chi connectivity index (χ0n) is 6.79. The van der Waals surface area contributed by atoms with E-state index < -0.39 is 0 Å². The van der Waals surface area contributed by atoms with Crippen molar-refractivity contribution >= 4 is 30.5 Å². The largest absolute Gasteiger partial charge is 0 e. The summed E-state index contributed by atoms with van der Waals surface area (Å²) in [5, 5.41) is 0. The summed E-state index contributed by atoms with van der Waals surface area (Å²) in [5.41, 5.74) is 1.17. The minimum atomic E-state index is 0. The quantitative estimate of drug-likeness (QED) is 0.647. The predicted molar refractivity (Wildman–Crippen MR) is 50.9 cm³/mol. The summed E-state index contributed by atoms with van der Waals surface area (Å²) in [6, 6.07) is 8.03. The topological polar surface area (TPSA) is 9.23 Å². The average molecular weight is 305 g/mol. The van der Waals surface area contributed by atoms with Crippen molar-refractivity contribution in [2.24, 2.45) is 0 Å². The van der Waals surface area contributed by atoms with E-state index in [4.69, 9.17) is 4.74 Å². The van der Waals surface area contributed by atoms with Crippen LogP contribution in [-0.4, -0.2) is 31.0 Å². The average Bonchev–Trinajstić information content (AvgIpc) is 2.05. The molecule has 2 rings (SSSR count). The van der Waals surface area contributed by atoms with Gasteiger partial charge in [0.25, 0.3) is 0 Å². The summed E-state index contributed by atoms with van der Waals surface area (Å²) in [7, 11) is 0. The molecule has 0 atom stereocenters. The summed E-state index contributed by atoms with van der Waals surface area (Å²) in [6.45, 7) is 0.705. The number of ether oxygens (including phenoxy) is 1. The fourth-order valence-corrected chi connectivity index (χ4v) is 1.06. The summed E-state index contributed by atoms with van der Waals surface area (Å²) in [5.74, 6) is 0.991. The molecule has 1 aromatic rings. The van der Waals surface area contributed by atoms with Crippen LogP contribution in [0.2, 0.25) is 0 Å². The van der Waals surface area contributed by atoms with Crippen molar-refractivity contribution in [1.82, 2.24) is 0 Å². The van der Waals surface area contributed by atoms with Gasteiger partial charge in [-0.15, -0.1) is 0 Å². The van der Waals surface area contributed by atoms with Gasteiger partial charge in [-0.05, 0) is 12.1 Å². The maximum atomic E-state index is 5.34. The molecule has 0 N–H and O–H groups in total. The standard InChI is InChI=1S/C9H8O.Sb.Ti.3H/c1-2-6-9-8(4-1)5-3-7-10-9;;;;;/h1-6H,7H2;;;;;. The van der Waals surface area contributed by atoms with Crippen LogP contribution >= 0.6 is 0 Å².